The van der Waals surface area contributed by atoms with E-state index in [1.807, 2.05) is 0 Å². The highest BCUT2D eigenvalue weighted by molar-refractivity contribution is 5.63. The van der Waals surface area contributed by atoms with E-state index < -0.39 is 4.92 Å². The molecule has 0 saturated carbocycles. The monoisotopic (exact) mass is 264 g/mol. The number of phenols is 1. The number of phenolic OH excluding ortho intramolecular Hbond substituents is 1. The summed E-state index contributed by atoms with van der Waals surface area (Å²) in [5, 5.41) is 31.8. The van der Waals surface area contributed by atoms with E-state index in [-0.39, 0.29) is 30.3 Å². The summed E-state index contributed by atoms with van der Waals surface area (Å²) in [5.41, 5.74) is 0.0682. The van der Waals surface area contributed by atoms with Gasteiger partial charge >= 0.3 is 0 Å². The molecule has 0 atom stereocenters. The average molecular weight is 264 g/mol. The molecule has 0 radical (unpaired) electrons. The first-order chi connectivity index (χ1) is 9.10. The minimum atomic E-state index is -0.580. The van der Waals surface area contributed by atoms with E-state index in [0.29, 0.717) is 11.5 Å². The van der Waals surface area contributed by atoms with Gasteiger partial charge in [0.25, 0.3) is 5.69 Å². The predicted octanol–water partition coefficient (Wildman–Crippen LogP) is 2.00. The van der Waals surface area contributed by atoms with E-state index in [0.717, 1.165) is 6.07 Å². The number of benzene rings is 1. The maximum Gasteiger partial charge on any atom is 0.296 e. The molecule has 0 aliphatic carbocycles. The van der Waals surface area contributed by atoms with Crippen molar-refractivity contribution in [1.29, 1.82) is 0 Å². The number of nitro benzene ring substituents is 1. The van der Waals surface area contributed by atoms with Crippen LogP contribution in [0.1, 0.15) is 11.5 Å². The fraction of sp³-hybridized carbons (Fsp3) is 0.167. The van der Waals surface area contributed by atoms with E-state index in [1.165, 1.54) is 12.1 Å². The van der Waals surface area contributed by atoms with Crippen molar-refractivity contribution in [2.24, 2.45) is 0 Å². The maximum absolute atomic E-state index is 10.8. The minimum Gasteiger partial charge on any atom is -0.508 e. The van der Waals surface area contributed by atoms with Crippen LogP contribution in [0.4, 0.5) is 11.4 Å². The first-order valence-corrected chi connectivity index (χ1v) is 5.50. The van der Waals surface area contributed by atoms with Crippen LogP contribution in [0.5, 0.6) is 5.75 Å². The number of rotatable bonds is 5. The van der Waals surface area contributed by atoms with Crippen molar-refractivity contribution in [1.82, 2.24) is 0 Å². The fourth-order valence-corrected chi connectivity index (χ4v) is 1.61. The van der Waals surface area contributed by atoms with E-state index in [2.05, 4.69) is 5.32 Å². The Labute approximate surface area is 108 Å². The van der Waals surface area contributed by atoms with Crippen LogP contribution in [0.25, 0.3) is 0 Å². The van der Waals surface area contributed by atoms with Crippen LogP contribution in [0, 0.1) is 10.1 Å². The van der Waals surface area contributed by atoms with Gasteiger partial charge in [-0.2, -0.15) is 0 Å². The zero-order chi connectivity index (χ0) is 13.8. The molecule has 19 heavy (non-hydrogen) atoms. The van der Waals surface area contributed by atoms with E-state index in [9.17, 15) is 15.2 Å². The lowest BCUT2D eigenvalue weighted by Crippen LogP contribution is -2.01. The topological polar surface area (TPSA) is 109 Å². The third kappa shape index (κ3) is 3.02. The summed E-state index contributed by atoms with van der Waals surface area (Å²) < 4.78 is 5.25. The fourth-order valence-electron chi connectivity index (χ4n) is 1.61. The van der Waals surface area contributed by atoms with Crippen molar-refractivity contribution in [3.63, 3.8) is 0 Å². The van der Waals surface area contributed by atoms with Crippen molar-refractivity contribution < 1.29 is 19.6 Å². The lowest BCUT2D eigenvalue weighted by Gasteiger charge is -2.05. The maximum atomic E-state index is 10.8. The number of aliphatic hydroxyl groups excluding tert-OH is 1. The van der Waals surface area contributed by atoms with E-state index in [4.69, 9.17) is 9.52 Å². The van der Waals surface area contributed by atoms with Crippen molar-refractivity contribution in [3.8, 4) is 5.75 Å². The first kappa shape index (κ1) is 12.9. The Hall–Kier alpha value is -2.54. The van der Waals surface area contributed by atoms with Gasteiger partial charge in [0.15, 0.2) is 0 Å². The molecule has 0 fully saturated rings. The van der Waals surface area contributed by atoms with Crippen molar-refractivity contribution in [2.75, 3.05) is 5.32 Å². The van der Waals surface area contributed by atoms with Gasteiger partial charge in [-0.1, -0.05) is 0 Å². The quantitative estimate of drug-likeness (QED) is 0.433. The highest BCUT2D eigenvalue weighted by atomic mass is 16.6. The summed E-state index contributed by atoms with van der Waals surface area (Å²) in [6, 6.07) is 7.15. The Kier molecular flexibility index (Phi) is 3.67. The molecule has 7 nitrogen and oxygen atoms in total. The molecule has 1 heterocycles. The second-order valence-corrected chi connectivity index (χ2v) is 3.84. The molecule has 1 aromatic heterocycles. The number of anilines is 1. The van der Waals surface area contributed by atoms with Gasteiger partial charge < -0.3 is 19.9 Å². The third-order valence-electron chi connectivity index (χ3n) is 2.50. The van der Waals surface area contributed by atoms with E-state index >= 15 is 0 Å². The molecule has 0 spiro atoms. The molecule has 3 N–H and O–H groups in total. The van der Waals surface area contributed by atoms with Gasteiger partial charge in [0.05, 0.1) is 17.5 Å². The van der Waals surface area contributed by atoms with Crippen molar-refractivity contribution >= 4 is 11.4 Å². The van der Waals surface area contributed by atoms with Crippen LogP contribution in [-0.4, -0.2) is 15.1 Å². The molecular formula is C12H12N2O5. The second-order valence-electron chi connectivity index (χ2n) is 3.84. The molecule has 0 amide bonds. The van der Waals surface area contributed by atoms with Gasteiger partial charge in [-0.25, -0.2) is 0 Å². The molecule has 0 aliphatic rings. The molecule has 0 aliphatic heterocycles. The Morgan fingerprint density at radius 3 is 2.63 bits per heavy atom. The van der Waals surface area contributed by atoms with Gasteiger partial charge in [0.1, 0.15) is 29.6 Å². The molecule has 2 aromatic rings. The first-order valence-electron chi connectivity index (χ1n) is 5.50. The van der Waals surface area contributed by atoms with Gasteiger partial charge in [-0.05, 0) is 24.3 Å². The van der Waals surface area contributed by atoms with Crippen LogP contribution in [-0.2, 0) is 13.2 Å². The Bertz CT molecular complexity index is 594. The number of hydrogen-bond donors (Lipinski definition) is 3. The average Bonchev–Trinajstić information content (AvgIpc) is 2.85. The largest absolute Gasteiger partial charge is 0.508 e. The van der Waals surface area contributed by atoms with Crippen molar-refractivity contribution in [3.05, 3.63) is 52.0 Å². The minimum absolute atomic E-state index is 0.169. The smallest absolute Gasteiger partial charge is 0.296 e. The van der Waals surface area contributed by atoms with Crippen LogP contribution in [0.15, 0.2) is 34.7 Å². The normalized spacial score (nSPS) is 10.4. The summed E-state index contributed by atoms with van der Waals surface area (Å²) in [6.45, 7) is 0.0466. The van der Waals surface area contributed by atoms with Gasteiger partial charge in [-0.3, -0.25) is 10.1 Å². The lowest BCUT2D eigenvalue weighted by atomic mass is 10.2. The second kappa shape index (κ2) is 5.40. The number of furan rings is 1. The summed E-state index contributed by atoms with van der Waals surface area (Å²) in [4.78, 5) is 10.3. The summed E-state index contributed by atoms with van der Waals surface area (Å²) >= 11 is 0. The summed E-state index contributed by atoms with van der Waals surface area (Å²) in [6.07, 6.45) is 0. The van der Waals surface area contributed by atoms with Crippen LogP contribution in [0.3, 0.4) is 0 Å². The Morgan fingerprint density at radius 1 is 1.26 bits per heavy atom. The van der Waals surface area contributed by atoms with Crippen molar-refractivity contribution in [2.45, 2.75) is 13.2 Å². The molecule has 1 aromatic carbocycles. The number of nitrogens with one attached hydrogen (secondary N) is 1. The van der Waals surface area contributed by atoms with Crippen LogP contribution >= 0.6 is 0 Å². The van der Waals surface area contributed by atoms with Gasteiger partial charge in [0, 0.05) is 0 Å². The summed E-state index contributed by atoms with van der Waals surface area (Å²) in [5.74, 6) is 0.807. The van der Waals surface area contributed by atoms with Gasteiger partial charge in [0.2, 0.25) is 0 Å². The number of nitrogens with zero attached hydrogens (tertiary/aromatic N) is 1. The molecule has 0 saturated heterocycles. The highest BCUT2D eigenvalue weighted by Crippen LogP contribution is 2.28. The number of aliphatic hydroxyl groups is 1. The lowest BCUT2D eigenvalue weighted by molar-refractivity contribution is -0.384. The molecular weight excluding hydrogens is 252 g/mol. The molecule has 7 heteroatoms. The number of hydrogen-bond acceptors (Lipinski definition) is 6. The Balaban J connectivity index is 2.12. The molecule has 0 bridgehead atoms. The third-order valence-corrected chi connectivity index (χ3v) is 2.50. The molecule has 0 unspecified atom stereocenters. The standard InChI is InChI=1S/C12H12N2O5/c15-7-10-3-2-9(19-10)6-13-11-4-1-8(16)5-12(11)14(17)18/h1-5,13,15-16H,6-7H2. The zero-order valence-corrected chi connectivity index (χ0v) is 9.87. The number of nitro groups is 1. The van der Waals surface area contributed by atoms with Gasteiger partial charge in [-0.15, -0.1) is 0 Å². The SMILES string of the molecule is O=[N+]([O-])c1cc(O)ccc1NCc1ccc(CO)o1. The summed E-state index contributed by atoms with van der Waals surface area (Å²) in [7, 11) is 0. The number of aromatic hydroxyl groups is 1. The highest BCUT2D eigenvalue weighted by Gasteiger charge is 2.14. The van der Waals surface area contributed by atoms with Crippen LogP contribution in [0.2, 0.25) is 0 Å². The van der Waals surface area contributed by atoms with E-state index in [1.54, 1.807) is 12.1 Å². The molecule has 100 valence electrons. The predicted molar refractivity (Wildman–Crippen MR) is 66.7 cm³/mol. The van der Waals surface area contributed by atoms with Crippen LogP contribution < -0.4 is 5.32 Å². The zero-order valence-electron chi connectivity index (χ0n) is 9.87. The molecule has 2 rings (SSSR count). The Morgan fingerprint density at radius 2 is 2.00 bits per heavy atom.